The number of nitrogens with zero attached hydrogens (tertiary/aromatic N) is 3. The summed E-state index contributed by atoms with van der Waals surface area (Å²) in [5.41, 5.74) is 3.33. The molecule has 4 rings (SSSR count). The van der Waals surface area contributed by atoms with Crippen LogP contribution in [0.2, 0.25) is 0 Å². The molecule has 0 saturated carbocycles. The molecule has 0 atom stereocenters. The van der Waals surface area contributed by atoms with E-state index in [-0.39, 0.29) is 6.03 Å². The largest absolute Gasteiger partial charge is 0.371 e. The lowest BCUT2D eigenvalue weighted by Crippen LogP contribution is -2.41. The molecule has 0 unspecified atom stereocenters. The molecule has 2 amide bonds. The van der Waals surface area contributed by atoms with Gasteiger partial charge in [0.2, 0.25) is 0 Å². The number of hydrogen-bond donors (Lipinski definition) is 2. The molecule has 0 radical (unpaired) electrons. The third-order valence-electron chi connectivity index (χ3n) is 5.48. The van der Waals surface area contributed by atoms with Crippen LogP contribution in [0.5, 0.6) is 0 Å². The van der Waals surface area contributed by atoms with Gasteiger partial charge in [0, 0.05) is 48.2 Å². The van der Waals surface area contributed by atoms with Crippen molar-refractivity contribution in [3.05, 3.63) is 64.7 Å². The highest BCUT2D eigenvalue weighted by Crippen LogP contribution is 2.27. The minimum atomic E-state index is -0.124. The zero-order chi connectivity index (χ0) is 20.8. The first-order valence-corrected chi connectivity index (χ1v) is 11.2. The Labute approximate surface area is 181 Å². The zero-order valence-electron chi connectivity index (χ0n) is 17.2. The van der Waals surface area contributed by atoms with Crippen LogP contribution in [0, 0.1) is 12.8 Å². The minimum absolute atomic E-state index is 0.124. The predicted molar refractivity (Wildman–Crippen MR) is 122 cm³/mol. The van der Waals surface area contributed by atoms with Crippen LogP contribution in [0.3, 0.4) is 0 Å². The highest BCUT2D eigenvalue weighted by atomic mass is 32.1. The Balaban J connectivity index is 1.20. The van der Waals surface area contributed by atoms with E-state index in [2.05, 4.69) is 51.7 Å². The molecule has 1 aliphatic rings. The van der Waals surface area contributed by atoms with Crippen LogP contribution >= 0.6 is 11.3 Å². The summed E-state index contributed by atoms with van der Waals surface area (Å²) in [6.07, 6.45) is 5.82. The second kappa shape index (κ2) is 9.71. The third-order valence-corrected chi connectivity index (χ3v) is 6.45. The van der Waals surface area contributed by atoms with Crippen LogP contribution < -0.4 is 15.5 Å². The van der Waals surface area contributed by atoms with Crippen LogP contribution in [0.15, 0.2) is 54.9 Å². The number of carbonyl (C=O) groups is 1. The van der Waals surface area contributed by atoms with Crippen molar-refractivity contribution in [1.82, 2.24) is 20.6 Å². The quantitative estimate of drug-likeness (QED) is 0.625. The summed E-state index contributed by atoms with van der Waals surface area (Å²) in [7, 11) is 0. The molecule has 0 aliphatic carbocycles. The van der Waals surface area contributed by atoms with Gasteiger partial charge in [-0.25, -0.2) is 9.78 Å². The first-order valence-electron chi connectivity index (χ1n) is 10.4. The number of carbonyl (C=O) groups excluding carboxylic acids is 1. The Morgan fingerprint density at radius 2 is 1.83 bits per heavy atom. The van der Waals surface area contributed by atoms with Crippen LogP contribution in [0.4, 0.5) is 10.5 Å². The van der Waals surface area contributed by atoms with Crippen LogP contribution in [0.1, 0.15) is 22.7 Å². The highest BCUT2D eigenvalue weighted by Gasteiger charge is 2.20. The number of anilines is 1. The normalized spacial score (nSPS) is 14.5. The van der Waals surface area contributed by atoms with Crippen molar-refractivity contribution in [3.63, 3.8) is 0 Å². The number of amides is 2. The van der Waals surface area contributed by atoms with Gasteiger partial charge >= 0.3 is 6.03 Å². The summed E-state index contributed by atoms with van der Waals surface area (Å²) in [6.45, 7) is 5.26. The number of nitrogens with one attached hydrogen (secondary N) is 2. The number of pyridine rings is 1. The number of benzene rings is 1. The summed E-state index contributed by atoms with van der Waals surface area (Å²) in [5.74, 6) is 0.514. The molecule has 30 heavy (non-hydrogen) atoms. The lowest BCUT2D eigenvalue weighted by atomic mass is 9.96. The zero-order valence-corrected chi connectivity index (χ0v) is 18.0. The Morgan fingerprint density at radius 3 is 2.57 bits per heavy atom. The van der Waals surface area contributed by atoms with Gasteiger partial charge in [-0.3, -0.25) is 4.98 Å². The molecule has 1 aromatic carbocycles. The van der Waals surface area contributed by atoms with E-state index in [1.807, 2.05) is 30.6 Å². The molecule has 1 aliphatic heterocycles. The van der Waals surface area contributed by atoms with E-state index in [1.54, 1.807) is 11.3 Å². The second-order valence-electron chi connectivity index (χ2n) is 7.58. The van der Waals surface area contributed by atoms with Crippen molar-refractivity contribution in [2.75, 3.05) is 24.5 Å². The number of hydrogen-bond acceptors (Lipinski definition) is 5. The molecule has 2 aromatic heterocycles. The molecule has 6 nitrogen and oxygen atoms in total. The van der Waals surface area contributed by atoms with Gasteiger partial charge in [0.05, 0.1) is 12.2 Å². The summed E-state index contributed by atoms with van der Waals surface area (Å²) in [4.78, 5) is 24.6. The van der Waals surface area contributed by atoms with Crippen molar-refractivity contribution in [2.24, 2.45) is 5.92 Å². The summed E-state index contributed by atoms with van der Waals surface area (Å²) in [6, 6.07) is 14.1. The highest BCUT2D eigenvalue weighted by molar-refractivity contribution is 7.12. The van der Waals surface area contributed by atoms with Gasteiger partial charge < -0.3 is 15.5 Å². The van der Waals surface area contributed by atoms with Gasteiger partial charge in [0.1, 0.15) is 5.01 Å². The van der Waals surface area contributed by atoms with E-state index >= 15 is 0 Å². The molecule has 156 valence electrons. The first-order chi connectivity index (χ1) is 14.7. The Bertz CT molecular complexity index is 952. The summed E-state index contributed by atoms with van der Waals surface area (Å²) in [5, 5.41) is 6.90. The van der Waals surface area contributed by atoms with Crippen LogP contribution in [-0.4, -0.2) is 35.6 Å². The standard InChI is InChI=1S/C23H27N5OS/c1-17-22(19-5-3-2-4-6-19)27-21(30-17)16-26-23(29)25-15-18-9-13-28(14-10-18)20-7-11-24-12-8-20/h2-8,11-12,18H,9-10,13-16H2,1H3,(H2,25,26,29). The number of aromatic nitrogens is 2. The maximum atomic E-state index is 12.2. The molecular formula is C23H27N5OS. The van der Waals surface area contributed by atoms with E-state index in [9.17, 15) is 4.79 Å². The maximum Gasteiger partial charge on any atom is 0.315 e. The molecule has 0 bridgehead atoms. The van der Waals surface area contributed by atoms with E-state index in [0.29, 0.717) is 19.0 Å². The maximum absolute atomic E-state index is 12.2. The van der Waals surface area contributed by atoms with Crippen molar-refractivity contribution in [3.8, 4) is 11.3 Å². The Hall–Kier alpha value is -2.93. The molecule has 7 heteroatoms. The molecule has 3 heterocycles. The molecule has 1 saturated heterocycles. The molecule has 1 fully saturated rings. The average Bonchev–Trinajstić information content (AvgIpc) is 3.18. The Morgan fingerprint density at radius 1 is 1.10 bits per heavy atom. The summed E-state index contributed by atoms with van der Waals surface area (Å²) < 4.78 is 0. The first kappa shape index (κ1) is 20.3. The van der Waals surface area contributed by atoms with Gasteiger partial charge in [-0.05, 0) is 37.8 Å². The predicted octanol–water partition coefficient (Wildman–Crippen LogP) is 4.23. The van der Waals surface area contributed by atoms with Crippen molar-refractivity contribution in [2.45, 2.75) is 26.3 Å². The number of rotatable bonds is 6. The molecule has 0 spiro atoms. The van der Waals surface area contributed by atoms with E-state index in [4.69, 9.17) is 4.98 Å². The summed E-state index contributed by atoms with van der Waals surface area (Å²) >= 11 is 1.63. The fourth-order valence-electron chi connectivity index (χ4n) is 3.80. The topological polar surface area (TPSA) is 70.2 Å². The minimum Gasteiger partial charge on any atom is -0.371 e. The fourth-order valence-corrected chi connectivity index (χ4v) is 4.69. The van der Waals surface area contributed by atoms with Gasteiger partial charge in [-0.1, -0.05) is 30.3 Å². The third kappa shape index (κ3) is 5.16. The smallest absolute Gasteiger partial charge is 0.315 e. The monoisotopic (exact) mass is 421 g/mol. The number of aryl methyl sites for hydroxylation is 1. The lowest BCUT2D eigenvalue weighted by molar-refractivity contribution is 0.237. The van der Waals surface area contributed by atoms with E-state index in [1.165, 1.54) is 10.6 Å². The van der Waals surface area contributed by atoms with Crippen LogP contribution in [-0.2, 0) is 6.54 Å². The molecule has 2 N–H and O–H groups in total. The fraction of sp³-hybridized carbons (Fsp3) is 0.348. The lowest BCUT2D eigenvalue weighted by Gasteiger charge is -2.33. The number of thiazole rings is 1. The Kier molecular flexibility index (Phi) is 6.59. The average molecular weight is 422 g/mol. The van der Waals surface area contributed by atoms with E-state index in [0.717, 1.165) is 42.2 Å². The van der Waals surface area contributed by atoms with Gasteiger partial charge in [0.15, 0.2) is 0 Å². The molecular weight excluding hydrogens is 394 g/mol. The van der Waals surface area contributed by atoms with Gasteiger partial charge in [-0.15, -0.1) is 11.3 Å². The van der Waals surface area contributed by atoms with Crippen LogP contribution in [0.25, 0.3) is 11.3 Å². The van der Waals surface area contributed by atoms with Crippen molar-refractivity contribution < 1.29 is 4.79 Å². The SMILES string of the molecule is Cc1sc(CNC(=O)NCC2CCN(c3ccncc3)CC2)nc1-c1ccccc1. The van der Waals surface area contributed by atoms with E-state index < -0.39 is 0 Å². The van der Waals surface area contributed by atoms with Gasteiger partial charge in [0.25, 0.3) is 0 Å². The molecule has 3 aromatic rings. The second-order valence-corrected chi connectivity index (χ2v) is 8.87. The number of urea groups is 1. The van der Waals surface area contributed by atoms with Crippen molar-refractivity contribution in [1.29, 1.82) is 0 Å². The van der Waals surface area contributed by atoms with Gasteiger partial charge in [-0.2, -0.15) is 0 Å². The van der Waals surface area contributed by atoms with Crippen molar-refractivity contribution >= 4 is 23.1 Å². The number of piperidine rings is 1.